The molecule has 0 aliphatic carbocycles. The molecule has 0 saturated heterocycles. The molecule has 0 radical (unpaired) electrons. The lowest BCUT2D eigenvalue weighted by atomic mass is 10.2. The molecule has 2 rings (SSSR count). The Labute approximate surface area is 97.1 Å². The van der Waals surface area contributed by atoms with Crippen molar-refractivity contribution in [3.63, 3.8) is 0 Å². The molecule has 0 amide bonds. The summed E-state index contributed by atoms with van der Waals surface area (Å²) in [5.41, 5.74) is 5.54. The van der Waals surface area contributed by atoms with Gasteiger partial charge in [-0.3, -0.25) is 9.78 Å². The zero-order chi connectivity index (χ0) is 12.4. The van der Waals surface area contributed by atoms with Crippen molar-refractivity contribution in [2.75, 3.05) is 35.8 Å². The van der Waals surface area contributed by atoms with Gasteiger partial charge in [-0.1, -0.05) is 0 Å². The molecule has 1 aliphatic heterocycles. The van der Waals surface area contributed by atoms with Crippen LogP contribution in [0.15, 0.2) is 4.79 Å². The standard InChI is InChI=1S/C9H15N5O3/c10-9-12-7-6(8(17)13-9)11-4-14(7)2-1-5(16)3-15/h5,11,15-16H,1-4H2,(H3,10,12,13,17). The Kier molecular flexibility index (Phi) is 3.16. The summed E-state index contributed by atoms with van der Waals surface area (Å²) in [5, 5.41) is 20.9. The highest BCUT2D eigenvalue weighted by molar-refractivity contribution is 5.70. The van der Waals surface area contributed by atoms with Gasteiger partial charge in [0, 0.05) is 6.54 Å². The van der Waals surface area contributed by atoms with Crippen LogP contribution in [-0.2, 0) is 0 Å². The Morgan fingerprint density at radius 1 is 1.59 bits per heavy atom. The summed E-state index contributed by atoms with van der Waals surface area (Å²) in [4.78, 5) is 19.8. The van der Waals surface area contributed by atoms with E-state index < -0.39 is 6.10 Å². The van der Waals surface area contributed by atoms with Crippen molar-refractivity contribution >= 4 is 17.5 Å². The first-order chi connectivity index (χ1) is 8.11. The zero-order valence-electron chi connectivity index (χ0n) is 9.18. The quantitative estimate of drug-likeness (QED) is 0.424. The predicted molar refractivity (Wildman–Crippen MR) is 62.8 cm³/mol. The number of aromatic amines is 1. The van der Waals surface area contributed by atoms with E-state index in [4.69, 9.17) is 10.8 Å². The highest BCUT2D eigenvalue weighted by Gasteiger charge is 2.23. The molecule has 2 heterocycles. The largest absolute Gasteiger partial charge is 0.394 e. The maximum Gasteiger partial charge on any atom is 0.277 e. The van der Waals surface area contributed by atoms with E-state index >= 15 is 0 Å². The lowest BCUT2D eigenvalue weighted by molar-refractivity contribution is 0.0899. The van der Waals surface area contributed by atoms with Gasteiger partial charge < -0.3 is 26.2 Å². The maximum absolute atomic E-state index is 11.5. The van der Waals surface area contributed by atoms with Crippen molar-refractivity contribution in [1.82, 2.24) is 9.97 Å². The van der Waals surface area contributed by atoms with Gasteiger partial charge in [0.15, 0.2) is 5.82 Å². The van der Waals surface area contributed by atoms with Crippen LogP contribution in [0.25, 0.3) is 0 Å². The second-order valence-corrected chi connectivity index (χ2v) is 3.87. The number of aromatic nitrogens is 2. The minimum Gasteiger partial charge on any atom is -0.394 e. The summed E-state index contributed by atoms with van der Waals surface area (Å²) >= 11 is 0. The van der Waals surface area contributed by atoms with Gasteiger partial charge in [0.2, 0.25) is 5.95 Å². The van der Waals surface area contributed by atoms with E-state index in [-0.39, 0.29) is 18.1 Å². The van der Waals surface area contributed by atoms with Crippen molar-refractivity contribution in [3.8, 4) is 0 Å². The van der Waals surface area contributed by atoms with Gasteiger partial charge in [-0.05, 0) is 6.42 Å². The predicted octanol–water partition coefficient (Wildman–Crippen LogP) is -1.72. The fraction of sp³-hybridized carbons (Fsp3) is 0.556. The average molecular weight is 241 g/mol. The molecule has 0 spiro atoms. The number of rotatable bonds is 4. The Bertz CT molecular complexity index is 460. The third-order valence-corrected chi connectivity index (χ3v) is 2.61. The van der Waals surface area contributed by atoms with Gasteiger partial charge in [-0.15, -0.1) is 0 Å². The average Bonchev–Trinajstić information content (AvgIpc) is 2.69. The Morgan fingerprint density at radius 2 is 2.35 bits per heavy atom. The number of H-pyrrole nitrogens is 1. The highest BCUT2D eigenvalue weighted by Crippen LogP contribution is 2.25. The summed E-state index contributed by atoms with van der Waals surface area (Å²) in [5.74, 6) is 0.543. The molecule has 1 atom stereocenters. The SMILES string of the molecule is Nc1nc2c(c(=O)[nH]1)NCN2CCC(O)CO. The number of anilines is 3. The van der Waals surface area contributed by atoms with Crippen LogP contribution in [0.1, 0.15) is 6.42 Å². The van der Waals surface area contributed by atoms with E-state index in [1.807, 2.05) is 0 Å². The summed E-state index contributed by atoms with van der Waals surface area (Å²) in [6.07, 6.45) is -0.371. The van der Waals surface area contributed by atoms with Crippen molar-refractivity contribution < 1.29 is 10.2 Å². The zero-order valence-corrected chi connectivity index (χ0v) is 9.18. The number of nitrogens with zero attached hydrogens (tertiary/aromatic N) is 2. The van der Waals surface area contributed by atoms with Crippen LogP contribution in [0.5, 0.6) is 0 Å². The summed E-state index contributed by atoms with van der Waals surface area (Å²) in [6.45, 7) is 0.643. The van der Waals surface area contributed by atoms with Crippen LogP contribution in [0.4, 0.5) is 17.5 Å². The molecule has 8 nitrogen and oxygen atoms in total. The summed E-state index contributed by atoms with van der Waals surface area (Å²) in [7, 11) is 0. The second-order valence-electron chi connectivity index (χ2n) is 3.87. The molecule has 0 saturated carbocycles. The van der Waals surface area contributed by atoms with E-state index in [0.717, 1.165) is 0 Å². The molecule has 1 aromatic rings. The van der Waals surface area contributed by atoms with Crippen LogP contribution in [0.2, 0.25) is 0 Å². The molecule has 0 fully saturated rings. The number of nitrogens with one attached hydrogen (secondary N) is 2. The fourth-order valence-corrected chi connectivity index (χ4v) is 1.70. The molecule has 1 unspecified atom stereocenters. The third kappa shape index (κ3) is 2.32. The molecule has 6 N–H and O–H groups in total. The lowest BCUT2D eigenvalue weighted by Crippen LogP contribution is -2.28. The smallest absolute Gasteiger partial charge is 0.277 e. The van der Waals surface area contributed by atoms with Crippen molar-refractivity contribution in [3.05, 3.63) is 10.4 Å². The molecular weight excluding hydrogens is 226 g/mol. The minimum absolute atomic E-state index is 0.0603. The number of aliphatic hydroxyl groups excluding tert-OH is 2. The molecule has 94 valence electrons. The lowest BCUT2D eigenvalue weighted by Gasteiger charge is -2.18. The number of nitrogen functional groups attached to an aromatic ring is 1. The van der Waals surface area contributed by atoms with Gasteiger partial charge in [-0.25, -0.2) is 0 Å². The van der Waals surface area contributed by atoms with Gasteiger partial charge in [0.05, 0.1) is 19.4 Å². The molecule has 0 bridgehead atoms. The van der Waals surface area contributed by atoms with Crippen LogP contribution in [-0.4, -0.2) is 46.1 Å². The molecule has 8 heteroatoms. The Hall–Kier alpha value is -1.80. The van der Waals surface area contributed by atoms with E-state index in [9.17, 15) is 9.90 Å². The molecule has 1 aliphatic rings. The van der Waals surface area contributed by atoms with E-state index in [1.165, 1.54) is 0 Å². The number of aliphatic hydroxyl groups is 2. The van der Waals surface area contributed by atoms with E-state index in [2.05, 4.69) is 15.3 Å². The van der Waals surface area contributed by atoms with Gasteiger partial charge >= 0.3 is 0 Å². The molecule has 0 aromatic carbocycles. The van der Waals surface area contributed by atoms with Gasteiger partial charge in [0.1, 0.15) is 5.69 Å². The van der Waals surface area contributed by atoms with Crippen LogP contribution in [0.3, 0.4) is 0 Å². The molecule has 1 aromatic heterocycles. The fourth-order valence-electron chi connectivity index (χ4n) is 1.70. The van der Waals surface area contributed by atoms with Crippen molar-refractivity contribution in [2.45, 2.75) is 12.5 Å². The number of hydrogen-bond donors (Lipinski definition) is 5. The molecule has 17 heavy (non-hydrogen) atoms. The summed E-state index contributed by atoms with van der Waals surface area (Å²) < 4.78 is 0. The van der Waals surface area contributed by atoms with Crippen molar-refractivity contribution in [1.29, 1.82) is 0 Å². The monoisotopic (exact) mass is 241 g/mol. The third-order valence-electron chi connectivity index (χ3n) is 2.61. The Morgan fingerprint density at radius 3 is 3.06 bits per heavy atom. The van der Waals surface area contributed by atoms with E-state index in [1.54, 1.807) is 4.90 Å². The maximum atomic E-state index is 11.5. The number of hydrogen-bond acceptors (Lipinski definition) is 7. The van der Waals surface area contributed by atoms with Crippen LogP contribution < -0.4 is 21.5 Å². The van der Waals surface area contributed by atoms with E-state index in [0.29, 0.717) is 31.1 Å². The first-order valence-corrected chi connectivity index (χ1v) is 5.29. The number of nitrogens with two attached hydrogens (primary N) is 1. The van der Waals surface area contributed by atoms with Crippen LogP contribution in [0, 0.1) is 0 Å². The minimum atomic E-state index is -0.765. The molecular formula is C9H15N5O3. The van der Waals surface area contributed by atoms with Crippen molar-refractivity contribution in [2.24, 2.45) is 0 Å². The second kappa shape index (κ2) is 4.60. The first kappa shape index (κ1) is 11.7. The Balaban J connectivity index is 2.14. The topological polar surface area (TPSA) is 128 Å². The first-order valence-electron chi connectivity index (χ1n) is 5.29. The normalized spacial score (nSPS) is 15.5. The van der Waals surface area contributed by atoms with Gasteiger partial charge in [-0.2, -0.15) is 4.98 Å². The summed E-state index contributed by atoms with van der Waals surface area (Å²) in [6, 6.07) is 0. The number of fused-ring (bicyclic) bond motifs is 1. The van der Waals surface area contributed by atoms with Gasteiger partial charge in [0.25, 0.3) is 5.56 Å². The highest BCUT2D eigenvalue weighted by atomic mass is 16.3. The van der Waals surface area contributed by atoms with Crippen LogP contribution >= 0.6 is 0 Å².